The average molecular weight is 384 g/mol. The maximum atomic E-state index is 12.3. The van der Waals surface area contributed by atoms with Gasteiger partial charge >= 0.3 is 0 Å². The van der Waals surface area contributed by atoms with Gasteiger partial charge in [-0.3, -0.25) is 9.69 Å². The molecule has 0 spiro atoms. The summed E-state index contributed by atoms with van der Waals surface area (Å²) in [6.45, 7) is 4.43. The van der Waals surface area contributed by atoms with E-state index in [2.05, 4.69) is 10.2 Å². The molecule has 0 aliphatic carbocycles. The molecule has 150 valence electrons. The Bertz CT molecular complexity index is 780. The molecule has 6 heteroatoms. The lowest BCUT2D eigenvalue weighted by molar-refractivity contribution is -0.123. The summed E-state index contributed by atoms with van der Waals surface area (Å²) in [5.74, 6) is 1.86. The Morgan fingerprint density at radius 1 is 1.29 bits per heavy atom. The normalized spacial score (nSPS) is 15.6. The first-order valence-corrected chi connectivity index (χ1v) is 9.69. The van der Waals surface area contributed by atoms with Crippen LogP contribution in [0, 0.1) is 0 Å². The van der Waals surface area contributed by atoms with E-state index in [0.717, 1.165) is 24.4 Å². The molecule has 1 aromatic heterocycles. The number of likely N-dealkylation sites (tertiary alicyclic amines) is 1. The van der Waals surface area contributed by atoms with Crippen molar-refractivity contribution in [3.63, 3.8) is 0 Å². The summed E-state index contributed by atoms with van der Waals surface area (Å²) in [6.07, 6.45) is 7.96. The van der Waals surface area contributed by atoms with Crippen molar-refractivity contribution in [1.29, 1.82) is 0 Å². The Labute approximate surface area is 166 Å². The largest absolute Gasteiger partial charge is 0.493 e. The SMILES string of the molecule is C/C=C/c1ccc(OCC(=O)NC[C@@H](c2ccco2)N2CCCC2)c(OC)c1. The predicted octanol–water partition coefficient (Wildman–Crippen LogP) is 3.65. The van der Waals surface area contributed by atoms with E-state index in [1.165, 1.54) is 12.8 Å². The first-order chi connectivity index (χ1) is 13.7. The second-order valence-electron chi connectivity index (χ2n) is 6.78. The second-order valence-corrected chi connectivity index (χ2v) is 6.78. The fourth-order valence-electron chi connectivity index (χ4n) is 3.45. The molecule has 0 saturated carbocycles. The van der Waals surface area contributed by atoms with Gasteiger partial charge in [-0.05, 0) is 62.7 Å². The molecule has 1 fully saturated rings. The third-order valence-electron chi connectivity index (χ3n) is 4.85. The maximum absolute atomic E-state index is 12.3. The van der Waals surface area contributed by atoms with Crippen molar-refractivity contribution in [3.8, 4) is 11.5 Å². The van der Waals surface area contributed by atoms with Gasteiger partial charge in [0, 0.05) is 6.54 Å². The zero-order chi connectivity index (χ0) is 19.8. The topological polar surface area (TPSA) is 63.9 Å². The van der Waals surface area contributed by atoms with E-state index in [0.29, 0.717) is 18.0 Å². The van der Waals surface area contributed by atoms with Crippen LogP contribution in [0.2, 0.25) is 0 Å². The van der Waals surface area contributed by atoms with E-state index in [-0.39, 0.29) is 18.6 Å². The van der Waals surface area contributed by atoms with Gasteiger partial charge in [-0.2, -0.15) is 0 Å². The first kappa shape index (κ1) is 20.0. The van der Waals surface area contributed by atoms with Gasteiger partial charge in [0.1, 0.15) is 5.76 Å². The van der Waals surface area contributed by atoms with Crippen LogP contribution in [0.3, 0.4) is 0 Å². The molecular formula is C22H28N2O4. The van der Waals surface area contributed by atoms with Gasteiger partial charge < -0.3 is 19.2 Å². The molecule has 1 aliphatic heterocycles. The van der Waals surface area contributed by atoms with Crippen molar-refractivity contribution in [2.45, 2.75) is 25.8 Å². The number of ether oxygens (including phenoxy) is 2. The quantitative estimate of drug-likeness (QED) is 0.715. The van der Waals surface area contributed by atoms with E-state index in [9.17, 15) is 4.79 Å². The van der Waals surface area contributed by atoms with Crippen LogP contribution in [0.4, 0.5) is 0 Å². The Hall–Kier alpha value is -2.73. The molecule has 0 bridgehead atoms. The van der Waals surface area contributed by atoms with Crippen LogP contribution in [0.15, 0.2) is 47.1 Å². The fourth-order valence-corrected chi connectivity index (χ4v) is 3.45. The number of nitrogens with one attached hydrogen (secondary N) is 1. The van der Waals surface area contributed by atoms with E-state index in [1.54, 1.807) is 13.4 Å². The van der Waals surface area contributed by atoms with Crippen LogP contribution in [-0.4, -0.2) is 44.2 Å². The van der Waals surface area contributed by atoms with Gasteiger partial charge in [0.2, 0.25) is 0 Å². The summed E-state index contributed by atoms with van der Waals surface area (Å²) >= 11 is 0. The molecule has 1 amide bonds. The molecule has 1 aliphatic rings. The molecule has 28 heavy (non-hydrogen) atoms. The third kappa shape index (κ3) is 5.16. The number of amides is 1. The van der Waals surface area contributed by atoms with Crippen LogP contribution in [0.25, 0.3) is 6.08 Å². The van der Waals surface area contributed by atoms with Gasteiger partial charge in [0.25, 0.3) is 5.91 Å². The molecule has 1 atom stereocenters. The number of methoxy groups -OCH3 is 1. The van der Waals surface area contributed by atoms with Crippen molar-refractivity contribution in [3.05, 3.63) is 54.0 Å². The highest BCUT2D eigenvalue weighted by atomic mass is 16.5. The van der Waals surface area contributed by atoms with Crippen molar-refractivity contribution >= 4 is 12.0 Å². The summed E-state index contributed by atoms with van der Waals surface area (Å²) in [6, 6.07) is 9.52. The minimum atomic E-state index is -0.171. The highest BCUT2D eigenvalue weighted by Crippen LogP contribution is 2.28. The Balaban J connectivity index is 1.55. The van der Waals surface area contributed by atoms with E-state index in [1.807, 2.05) is 49.4 Å². The van der Waals surface area contributed by atoms with Gasteiger partial charge in [-0.15, -0.1) is 0 Å². The number of allylic oxidation sites excluding steroid dienone is 1. The number of rotatable bonds is 9. The number of carbonyl (C=O) groups is 1. The van der Waals surface area contributed by atoms with Gasteiger partial charge in [-0.1, -0.05) is 18.2 Å². The molecular weight excluding hydrogens is 356 g/mol. The number of hydrogen-bond acceptors (Lipinski definition) is 5. The van der Waals surface area contributed by atoms with E-state index < -0.39 is 0 Å². The summed E-state index contributed by atoms with van der Waals surface area (Å²) in [7, 11) is 1.59. The van der Waals surface area contributed by atoms with Crippen LogP contribution >= 0.6 is 0 Å². The summed E-state index contributed by atoms with van der Waals surface area (Å²) in [4.78, 5) is 14.7. The molecule has 2 heterocycles. The minimum absolute atomic E-state index is 0.0519. The highest BCUT2D eigenvalue weighted by molar-refractivity contribution is 5.77. The van der Waals surface area contributed by atoms with E-state index in [4.69, 9.17) is 13.9 Å². The summed E-state index contributed by atoms with van der Waals surface area (Å²) in [5, 5.41) is 2.97. The van der Waals surface area contributed by atoms with E-state index >= 15 is 0 Å². The molecule has 0 radical (unpaired) electrons. The molecule has 2 aromatic rings. The van der Waals surface area contributed by atoms with Gasteiger partial charge in [0.15, 0.2) is 18.1 Å². The Morgan fingerprint density at radius 3 is 2.79 bits per heavy atom. The second kappa shape index (κ2) is 9.99. The van der Waals surface area contributed by atoms with Crippen molar-refractivity contribution < 1.29 is 18.7 Å². The average Bonchev–Trinajstić information content (AvgIpc) is 3.42. The number of hydrogen-bond donors (Lipinski definition) is 1. The molecule has 0 unspecified atom stereocenters. The Morgan fingerprint density at radius 2 is 2.11 bits per heavy atom. The van der Waals surface area contributed by atoms with Gasteiger partial charge in [-0.25, -0.2) is 0 Å². The number of benzene rings is 1. The number of nitrogens with zero attached hydrogens (tertiary/aromatic N) is 1. The molecule has 3 rings (SSSR count). The monoisotopic (exact) mass is 384 g/mol. The minimum Gasteiger partial charge on any atom is -0.493 e. The number of carbonyl (C=O) groups excluding carboxylic acids is 1. The van der Waals surface area contributed by atoms with Crippen molar-refractivity contribution in [1.82, 2.24) is 10.2 Å². The zero-order valence-corrected chi connectivity index (χ0v) is 16.5. The number of furan rings is 1. The predicted molar refractivity (Wildman–Crippen MR) is 108 cm³/mol. The van der Waals surface area contributed by atoms with Crippen molar-refractivity contribution in [2.75, 3.05) is 33.4 Å². The highest BCUT2D eigenvalue weighted by Gasteiger charge is 2.26. The third-order valence-corrected chi connectivity index (χ3v) is 4.85. The molecule has 1 N–H and O–H groups in total. The van der Waals surface area contributed by atoms with Crippen LogP contribution < -0.4 is 14.8 Å². The zero-order valence-electron chi connectivity index (χ0n) is 16.5. The molecule has 1 saturated heterocycles. The lowest BCUT2D eigenvalue weighted by Crippen LogP contribution is -2.38. The molecule has 1 aromatic carbocycles. The molecule has 6 nitrogen and oxygen atoms in total. The standard InChI is InChI=1S/C22H28N2O4/c1-3-7-17-9-10-20(21(14-17)26-2)28-16-22(25)23-15-18(19-8-6-13-27-19)24-11-4-5-12-24/h3,6-10,13-14,18H,4-5,11-12,15-16H2,1-2H3,(H,23,25)/b7-3+/t18-/m0/s1. The van der Waals surface area contributed by atoms with Gasteiger partial charge in [0.05, 0.1) is 19.4 Å². The van der Waals surface area contributed by atoms with Crippen molar-refractivity contribution in [2.24, 2.45) is 0 Å². The van der Waals surface area contributed by atoms with Crippen LogP contribution in [0.5, 0.6) is 11.5 Å². The lowest BCUT2D eigenvalue weighted by Gasteiger charge is -2.26. The summed E-state index contributed by atoms with van der Waals surface area (Å²) < 4.78 is 16.6. The first-order valence-electron chi connectivity index (χ1n) is 9.69. The smallest absolute Gasteiger partial charge is 0.258 e. The maximum Gasteiger partial charge on any atom is 0.258 e. The summed E-state index contributed by atoms with van der Waals surface area (Å²) in [5.41, 5.74) is 1.02. The lowest BCUT2D eigenvalue weighted by atomic mass is 10.2. The van der Waals surface area contributed by atoms with Crippen LogP contribution in [-0.2, 0) is 4.79 Å². The van der Waals surface area contributed by atoms with Crippen LogP contribution in [0.1, 0.15) is 37.1 Å². The Kier molecular flexibility index (Phi) is 7.14. The fraction of sp³-hybridized carbons (Fsp3) is 0.409.